The highest BCUT2D eigenvalue weighted by Gasteiger charge is 2.20. The average molecular weight is 187 g/mol. The first-order valence-electron chi connectivity index (χ1n) is 5.14. The van der Waals surface area contributed by atoms with Crippen LogP contribution in [0.2, 0.25) is 0 Å². The molecule has 3 heteroatoms. The zero-order chi connectivity index (χ0) is 9.73. The van der Waals surface area contributed by atoms with Gasteiger partial charge in [-0.1, -0.05) is 12.8 Å². The molecule has 1 unspecified atom stereocenters. The molecule has 1 aliphatic carbocycles. The van der Waals surface area contributed by atoms with E-state index < -0.39 is 5.60 Å². The topological polar surface area (TPSA) is 55.5 Å². The zero-order valence-corrected chi connectivity index (χ0v) is 8.46. The Balaban J connectivity index is 2.06. The van der Waals surface area contributed by atoms with Crippen molar-refractivity contribution in [1.82, 2.24) is 0 Å². The summed E-state index contributed by atoms with van der Waals surface area (Å²) in [6.07, 6.45) is 5.23. The van der Waals surface area contributed by atoms with Crippen LogP contribution in [-0.2, 0) is 4.74 Å². The summed E-state index contributed by atoms with van der Waals surface area (Å²) in [4.78, 5) is 0. The number of hydrogen-bond donors (Lipinski definition) is 2. The summed E-state index contributed by atoms with van der Waals surface area (Å²) in [5.74, 6) is 0.716. The molecule has 0 aromatic rings. The molecule has 13 heavy (non-hydrogen) atoms. The maximum atomic E-state index is 9.55. The molecular formula is C10H21NO2. The molecule has 1 rings (SSSR count). The summed E-state index contributed by atoms with van der Waals surface area (Å²) >= 11 is 0. The SMILES string of the molecule is CC(O)(CN)COCC1CCCC1. The summed E-state index contributed by atoms with van der Waals surface area (Å²) < 4.78 is 5.44. The molecule has 0 heterocycles. The average Bonchev–Trinajstić information content (AvgIpc) is 2.57. The Hall–Kier alpha value is -0.120. The minimum Gasteiger partial charge on any atom is -0.386 e. The molecule has 0 aromatic carbocycles. The highest BCUT2D eigenvalue weighted by atomic mass is 16.5. The van der Waals surface area contributed by atoms with Gasteiger partial charge in [0.1, 0.15) is 0 Å². The number of nitrogens with two attached hydrogens (primary N) is 1. The Kier molecular flexibility index (Phi) is 4.16. The van der Waals surface area contributed by atoms with Gasteiger partial charge in [0.25, 0.3) is 0 Å². The van der Waals surface area contributed by atoms with E-state index in [1.54, 1.807) is 6.92 Å². The van der Waals surface area contributed by atoms with E-state index in [4.69, 9.17) is 10.5 Å². The van der Waals surface area contributed by atoms with Gasteiger partial charge in [0.05, 0.1) is 12.2 Å². The molecule has 0 saturated heterocycles. The Morgan fingerprint density at radius 1 is 1.46 bits per heavy atom. The molecule has 1 fully saturated rings. The van der Waals surface area contributed by atoms with Gasteiger partial charge < -0.3 is 15.6 Å². The van der Waals surface area contributed by atoms with Gasteiger partial charge in [0.15, 0.2) is 0 Å². The second-order valence-electron chi connectivity index (χ2n) is 4.37. The second-order valence-corrected chi connectivity index (χ2v) is 4.37. The number of aliphatic hydroxyl groups is 1. The molecule has 0 amide bonds. The molecule has 3 N–H and O–H groups in total. The second kappa shape index (κ2) is 4.94. The molecule has 0 radical (unpaired) electrons. The lowest BCUT2D eigenvalue weighted by Gasteiger charge is -2.21. The molecule has 1 saturated carbocycles. The van der Waals surface area contributed by atoms with Crippen molar-refractivity contribution in [2.45, 2.75) is 38.2 Å². The summed E-state index contributed by atoms with van der Waals surface area (Å²) in [7, 11) is 0. The zero-order valence-electron chi connectivity index (χ0n) is 8.46. The lowest BCUT2D eigenvalue weighted by Crippen LogP contribution is -2.39. The van der Waals surface area contributed by atoms with Crippen LogP contribution in [0.3, 0.4) is 0 Å². The fraction of sp³-hybridized carbons (Fsp3) is 1.00. The number of hydrogen-bond acceptors (Lipinski definition) is 3. The molecule has 0 aliphatic heterocycles. The van der Waals surface area contributed by atoms with Crippen molar-refractivity contribution >= 4 is 0 Å². The van der Waals surface area contributed by atoms with E-state index in [0.717, 1.165) is 6.61 Å². The Labute approximate surface area is 80.3 Å². The maximum absolute atomic E-state index is 9.55. The van der Waals surface area contributed by atoms with Gasteiger partial charge in [0, 0.05) is 13.2 Å². The van der Waals surface area contributed by atoms with Crippen LogP contribution in [0, 0.1) is 5.92 Å². The van der Waals surface area contributed by atoms with E-state index in [1.165, 1.54) is 25.7 Å². The number of ether oxygens (including phenoxy) is 1. The van der Waals surface area contributed by atoms with Crippen LogP contribution in [0.25, 0.3) is 0 Å². The summed E-state index contributed by atoms with van der Waals surface area (Å²) in [5.41, 5.74) is 4.52. The van der Waals surface area contributed by atoms with E-state index in [2.05, 4.69) is 0 Å². The van der Waals surface area contributed by atoms with Gasteiger partial charge in [-0.2, -0.15) is 0 Å². The Morgan fingerprint density at radius 2 is 2.08 bits per heavy atom. The van der Waals surface area contributed by atoms with E-state index in [0.29, 0.717) is 12.5 Å². The van der Waals surface area contributed by atoms with Crippen molar-refractivity contribution in [3.63, 3.8) is 0 Å². The quantitative estimate of drug-likeness (QED) is 0.672. The largest absolute Gasteiger partial charge is 0.386 e. The van der Waals surface area contributed by atoms with E-state index in [9.17, 15) is 5.11 Å². The van der Waals surface area contributed by atoms with E-state index in [-0.39, 0.29) is 6.54 Å². The van der Waals surface area contributed by atoms with Crippen molar-refractivity contribution in [3.8, 4) is 0 Å². The van der Waals surface area contributed by atoms with Crippen molar-refractivity contribution in [3.05, 3.63) is 0 Å². The fourth-order valence-electron chi connectivity index (χ4n) is 1.68. The lowest BCUT2D eigenvalue weighted by molar-refractivity contribution is -0.0357. The predicted molar refractivity (Wildman–Crippen MR) is 52.5 cm³/mol. The molecule has 78 valence electrons. The van der Waals surface area contributed by atoms with Gasteiger partial charge in [-0.05, 0) is 25.7 Å². The first kappa shape index (κ1) is 11.0. The van der Waals surface area contributed by atoms with Crippen molar-refractivity contribution in [1.29, 1.82) is 0 Å². The van der Waals surface area contributed by atoms with Crippen molar-refractivity contribution in [2.75, 3.05) is 19.8 Å². The molecule has 0 aromatic heterocycles. The van der Waals surface area contributed by atoms with Gasteiger partial charge in [-0.3, -0.25) is 0 Å². The van der Waals surface area contributed by atoms with Crippen LogP contribution >= 0.6 is 0 Å². The van der Waals surface area contributed by atoms with E-state index in [1.807, 2.05) is 0 Å². The highest BCUT2D eigenvalue weighted by Crippen LogP contribution is 2.24. The minimum atomic E-state index is -0.849. The molecular weight excluding hydrogens is 166 g/mol. The van der Waals surface area contributed by atoms with Gasteiger partial charge >= 0.3 is 0 Å². The third kappa shape index (κ3) is 4.07. The maximum Gasteiger partial charge on any atom is 0.0973 e. The minimum absolute atomic E-state index is 0.262. The molecule has 0 spiro atoms. The molecule has 1 atom stereocenters. The summed E-state index contributed by atoms with van der Waals surface area (Å²) in [6, 6.07) is 0. The standard InChI is InChI=1S/C10H21NO2/c1-10(12,7-11)8-13-6-9-4-2-3-5-9/h9,12H,2-8,11H2,1H3. The smallest absolute Gasteiger partial charge is 0.0973 e. The summed E-state index contributed by atoms with van der Waals surface area (Å²) in [5, 5.41) is 9.55. The predicted octanol–water partition coefficient (Wildman–Crippen LogP) is 0.903. The van der Waals surface area contributed by atoms with Gasteiger partial charge in [-0.25, -0.2) is 0 Å². The first-order valence-corrected chi connectivity index (χ1v) is 5.14. The first-order chi connectivity index (χ1) is 6.14. The van der Waals surface area contributed by atoms with Gasteiger partial charge in [0.2, 0.25) is 0 Å². The monoisotopic (exact) mass is 187 g/mol. The summed E-state index contributed by atoms with van der Waals surface area (Å²) in [6.45, 7) is 3.12. The van der Waals surface area contributed by atoms with Crippen LogP contribution in [0.15, 0.2) is 0 Å². The van der Waals surface area contributed by atoms with Crippen LogP contribution < -0.4 is 5.73 Å². The van der Waals surface area contributed by atoms with Crippen LogP contribution in [0.4, 0.5) is 0 Å². The molecule has 3 nitrogen and oxygen atoms in total. The third-order valence-corrected chi connectivity index (χ3v) is 2.68. The van der Waals surface area contributed by atoms with Crippen LogP contribution in [0.1, 0.15) is 32.6 Å². The Bertz CT molecular complexity index is 142. The van der Waals surface area contributed by atoms with Crippen LogP contribution in [-0.4, -0.2) is 30.5 Å². The van der Waals surface area contributed by atoms with E-state index >= 15 is 0 Å². The molecule has 1 aliphatic rings. The molecule has 0 bridgehead atoms. The third-order valence-electron chi connectivity index (χ3n) is 2.68. The van der Waals surface area contributed by atoms with Gasteiger partial charge in [-0.15, -0.1) is 0 Å². The fourth-order valence-corrected chi connectivity index (χ4v) is 1.68. The van der Waals surface area contributed by atoms with Crippen LogP contribution in [0.5, 0.6) is 0 Å². The van der Waals surface area contributed by atoms with Crippen molar-refractivity contribution in [2.24, 2.45) is 11.7 Å². The normalized spacial score (nSPS) is 23.3. The Morgan fingerprint density at radius 3 is 2.62 bits per heavy atom. The number of rotatable bonds is 5. The highest BCUT2D eigenvalue weighted by molar-refractivity contribution is 4.73. The lowest BCUT2D eigenvalue weighted by atomic mass is 10.1. The van der Waals surface area contributed by atoms with Crippen molar-refractivity contribution < 1.29 is 9.84 Å².